The zero-order valence-electron chi connectivity index (χ0n) is 13.2. The number of piperidine rings is 1. The van der Waals surface area contributed by atoms with E-state index in [0.717, 1.165) is 32.4 Å². The molecular formula is C18H27NO2. The number of carboxylic acids is 1. The van der Waals surface area contributed by atoms with Crippen molar-refractivity contribution in [2.45, 2.75) is 58.5 Å². The van der Waals surface area contributed by atoms with Gasteiger partial charge in [-0.25, -0.2) is 0 Å². The summed E-state index contributed by atoms with van der Waals surface area (Å²) in [6.45, 7) is 6.14. The van der Waals surface area contributed by atoms with Crippen LogP contribution in [-0.4, -0.2) is 28.6 Å². The van der Waals surface area contributed by atoms with Gasteiger partial charge in [0.25, 0.3) is 0 Å². The Hall–Kier alpha value is -1.35. The molecule has 2 unspecified atom stereocenters. The summed E-state index contributed by atoms with van der Waals surface area (Å²) in [5.74, 6) is -0.841. The van der Waals surface area contributed by atoms with Gasteiger partial charge in [0.15, 0.2) is 0 Å². The maximum Gasteiger partial charge on any atom is 0.306 e. The second-order valence-electron chi connectivity index (χ2n) is 6.29. The lowest BCUT2D eigenvalue weighted by Gasteiger charge is -2.37. The molecule has 0 saturated carbocycles. The minimum Gasteiger partial charge on any atom is -0.481 e. The van der Waals surface area contributed by atoms with Crippen LogP contribution in [0.4, 0.5) is 0 Å². The predicted octanol–water partition coefficient (Wildman–Crippen LogP) is 3.85. The molecule has 0 aliphatic carbocycles. The molecule has 0 spiro atoms. The molecule has 1 aromatic carbocycles. The van der Waals surface area contributed by atoms with E-state index in [4.69, 9.17) is 0 Å². The van der Waals surface area contributed by atoms with E-state index in [2.05, 4.69) is 36.1 Å². The van der Waals surface area contributed by atoms with E-state index in [1.54, 1.807) is 0 Å². The normalized spacial score (nSPS) is 21.1. The minimum atomic E-state index is -0.640. The molecule has 0 bridgehead atoms. The molecule has 1 heterocycles. The van der Waals surface area contributed by atoms with Gasteiger partial charge >= 0.3 is 5.97 Å². The van der Waals surface area contributed by atoms with Gasteiger partial charge in [-0.1, -0.05) is 43.2 Å². The Balaban J connectivity index is 2.03. The second kappa shape index (κ2) is 7.60. The molecular weight excluding hydrogens is 262 g/mol. The van der Waals surface area contributed by atoms with Crippen LogP contribution in [0.25, 0.3) is 0 Å². The van der Waals surface area contributed by atoms with Gasteiger partial charge in [-0.3, -0.25) is 9.69 Å². The van der Waals surface area contributed by atoms with Gasteiger partial charge in [0.2, 0.25) is 0 Å². The van der Waals surface area contributed by atoms with Crippen LogP contribution in [0.15, 0.2) is 24.3 Å². The number of benzene rings is 1. The van der Waals surface area contributed by atoms with E-state index in [0.29, 0.717) is 6.04 Å². The Morgan fingerprint density at radius 1 is 1.43 bits per heavy atom. The summed E-state index contributed by atoms with van der Waals surface area (Å²) in [7, 11) is 0. The first kappa shape index (κ1) is 16.0. The first-order valence-corrected chi connectivity index (χ1v) is 8.12. The largest absolute Gasteiger partial charge is 0.481 e. The molecule has 1 aromatic rings. The van der Waals surface area contributed by atoms with Crippen molar-refractivity contribution < 1.29 is 9.90 Å². The zero-order valence-corrected chi connectivity index (χ0v) is 13.2. The maximum absolute atomic E-state index is 11.3. The highest BCUT2D eigenvalue weighted by molar-refractivity contribution is 5.69. The summed E-state index contributed by atoms with van der Waals surface area (Å²) in [4.78, 5) is 13.8. The first-order chi connectivity index (χ1) is 10.1. The Kier molecular flexibility index (Phi) is 5.80. The van der Waals surface area contributed by atoms with Crippen molar-refractivity contribution in [1.82, 2.24) is 4.90 Å². The Morgan fingerprint density at radius 2 is 2.24 bits per heavy atom. The molecule has 2 atom stereocenters. The monoisotopic (exact) mass is 289 g/mol. The van der Waals surface area contributed by atoms with E-state index in [1.807, 2.05) is 6.92 Å². The highest BCUT2D eigenvalue weighted by Crippen LogP contribution is 2.26. The minimum absolute atomic E-state index is 0.201. The molecule has 0 aromatic heterocycles. The van der Waals surface area contributed by atoms with Crippen molar-refractivity contribution >= 4 is 5.97 Å². The fourth-order valence-corrected chi connectivity index (χ4v) is 3.35. The van der Waals surface area contributed by atoms with Gasteiger partial charge < -0.3 is 5.11 Å². The van der Waals surface area contributed by atoms with E-state index in [9.17, 15) is 9.90 Å². The number of hydrogen-bond donors (Lipinski definition) is 1. The van der Waals surface area contributed by atoms with Crippen LogP contribution in [0.3, 0.4) is 0 Å². The van der Waals surface area contributed by atoms with Crippen LogP contribution in [0.2, 0.25) is 0 Å². The number of hydrogen-bond acceptors (Lipinski definition) is 2. The molecule has 1 N–H and O–H groups in total. The lowest BCUT2D eigenvalue weighted by atomic mass is 9.90. The molecule has 1 aliphatic rings. The molecule has 0 amide bonds. The number of nitrogens with zero attached hydrogens (tertiary/aromatic N) is 1. The quantitative estimate of drug-likeness (QED) is 0.864. The highest BCUT2D eigenvalue weighted by Gasteiger charge is 2.27. The summed E-state index contributed by atoms with van der Waals surface area (Å²) >= 11 is 0. The summed E-state index contributed by atoms with van der Waals surface area (Å²) in [6, 6.07) is 9.05. The molecule has 3 nitrogen and oxygen atoms in total. The van der Waals surface area contributed by atoms with Crippen LogP contribution in [-0.2, 0) is 11.3 Å². The van der Waals surface area contributed by atoms with Gasteiger partial charge in [0.1, 0.15) is 0 Å². The third-order valence-electron chi connectivity index (χ3n) is 4.62. The highest BCUT2D eigenvalue weighted by atomic mass is 16.4. The van der Waals surface area contributed by atoms with Gasteiger partial charge in [0.05, 0.1) is 5.92 Å². The van der Waals surface area contributed by atoms with Crippen molar-refractivity contribution in [3.63, 3.8) is 0 Å². The maximum atomic E-state index is 11.3. The van der Waals surface area contributed by atoms with E-state index < -0.39 is 5.97 Å². The molecule has 116 valence electrons. The van der Waals surface area contributed by atoms with Crippen molar-refractivity contribution in [2.24, 2.45) is 5.92 Å². The van der Waals surface area contributed by atoms with Crippen LogP contribution in [0.5, 0.6) is 0 Å². The van der Waals surface area contributed by atoms with Crippen molar-refractivity contribution in [1.29, 1.82) is 0 Å². The molecule has 1 fully saturated rings. The van der Waals surface area contributed by atoms with Gasteiger partial charge in [0, 0.05) is 12.6 Å². The lowest BCUT2D eigenvalue weighted by Crippen LogP contribution is -2.41. The van der Waals surface area contributed by atoms with Gasteiger partial charge in [-0.2, -0.15) is 0 Å². The Morgan fingerprint density at radius 3 is 2.90 bits per heavy atom. The van der Waals surface area contributed by atoms with E-state index in [-0.39, 0.29) is 5.92 Å². The van der Waals surface area contributed by atoms with Crippen molar-refractivity contribution in [3.8, 4) is 0 Å². The summed E-state index contributed by atoms with van der Waals surface area (Å²) in [5.41, 5.74) is 2.63. The Bertz CT molecular complexity index is 472. The van der Waals surface area contributed by atoms with Crippen molar-refractivity contribution in [2.75, 3.05) is 6.54 Å². The fourth-order valence-electron chi connectivity index (χ4n) is 3.35. The van der Waals surface area contributed by atoms with Crippen LogP contribution < -0.4 is 0 Å². The molecule has 21 heavy (non-hydrogen) atoms. The fraction of sp³-hybridized carbons (Fsp3) is 0.611. The van der Waals surface area contributed by atoms with Crippen LogP contribution >= 0.6 is 0 Å². The molecule has 0 radical (unpaired) electrons. The third-order valence-corrected chi connectivity index (χ3v) is 4.62. The molecule has 2 rings (SSSR count). The number of carboxylic acid groups (broad SMARTS) is 1. The van der Waals surface area contributed by atoms with Crippen molar-refractivity contribution in [3.05, 3.63) is 35.4 Å². The SMILES string of the molecule is CCC(CC1CCCCN1Cc1cccc(C)c1)C(=O)O. The Labute approximate surface area is 128 Å². The summed E-state index contributed by atoms with van der Waals surface area (Å²) in [5, 5.41) is 9.30. The third kappa shape index (κ3) is 4.57. The van der Waals surface area contributed by atoms with E-state index in [1.165, 1.54) is 24.0 Å². The summed E-state index contributed by atoms with van der Waals surface area (Å²) < 4.78 is 0. The predicted molar refractivity (Wildman–Crippen MR) is 85.3 cm³/mol. The van der Waals surface area contributed by atoms with Gasteiger partial charge in [-0.05, 0) is 44.7 Å². The average Bonchev–Trinajstić information content (AvgIpc) is 2.46. The standard InChI is InChI=1S/C18H27NO2/c1-3-16(18(20)21)12-17-9-4-5-10-19(17)13-15-8-6-7-14(2)11-15/h6-8,11,16-17H,3-5,9-10,12-13H2,1-2H3,(H,20,21). The smallest absolute Gasteiger partial charge is 0.306 e. The molecule has 3 heteroatoms. The topological polar surface area (TPSA) is 40.5 Å². The zero-order chi connectivity index (χ0) is 15.2. The first-order valence-electron chi connectivity index (χ1n) is 8.12. The molecule has 1 aliphatic heterocycles. The lowest BCUT2D eigenvalue weighted by molar-refractivity contribution is -0.142. The number of likely N-dealkylation sites (tertiary alicyclic amines) is 1. The summed E-state index contributed by atoms with van der Waals surface area (Å²) in [6.07, 6.45) is 5.11. The van der Waals surface area contributed by atoms with Crippen LogP contribution in [0, 0.1) is 12.8 Å². The average molecular weight is 289 g/mol. The molecule has 1 saturated heterocycles. The second-order valence-corrected chi connectivity index (χ2v) is 6.29. The van der Waals surface area contributed by atoms with E-state index >= 15 is 0 Å². The number of aliphatic carboxylic acids is 1. The van der Waals surface area contributed by atoms with Gasteiger partial charge in [-0.15, -0.1) is 0 Å². The van der Waals surface area contributed by atoms with Crippen LogP contribution in [0.1, 0.15) is 50.2 Å². The number of rotatable bonds is 6. The number of carbonyl (C=O) groups is 1. The number of aryl methyl sites for hydroxylation is 1.